The highest BCUT2D eigenvalue weighted by atomic mass is 15.0. The molecule has 1 aliphatic rings. The molecule has 0 unspecified atom stereocenters. The summed E-state index contributed by atoms with van der Waals surface area (Å²) in [6.07, 6.45) is 3.50. The van der Waals surface area contributed by atoms with Gasteiger partial charge in [-0.3, -0.25) is 9.98 Å². The number of nitrogens with two attached hydrogens (primary N) is 2. The fraction of sp³-hybridized carbons (Fsp3) is 0.294. The average molecular weight is 297 g/mol. The zero-order valence-corrected chi connectivity index (χ0v) is 13.4. The first kappa shape index (κ1) is 15.8. The number of benzene rings is 1. The Morgan fingerprint density at radius 2 is 2.09 bits per heavy atom. The van der Waals surface area contributed by atoms with Crippen molar-refractivity contribution in [3.05, 3.63) is 52.9 Å². The SMILES string of the molecule is CC1=CN=C(CN=C(N)/C=C(\N)c2cccc(C)c2C)CN1. The van der Waals surface area contributed by atoms with Crippen molar-refractivity contribution in [2.24, 2.45) is 21.5 Å². The minimum Gasteiger partial charge on any atom is -0.398 e. The summed E-state index contributed by atoms with van der Waals surface area (Å²) in [5.41, 5.74) is 18.1. The molecule has 0 saturated heterocycles. The minimum atomic E-state index is 0.410. The number of amidine groups is 1. The summed E-state index contributed by atoms with van der Waals surface area (Å²) in [4.78, 5) is 8.65. The summed E-state index contributed by atoms with van der Waals surface area (Å²) in [6, 6.07) is 6.04. The van der Waals surface area contributed by atoms with Gasteiger partial charge in [0.05, 0.1) is 18.8 Å². The molecule has 5 N–H and O–H groups in total. The van der Waals surface area contributed by atoms with Gasteiger partial charge in [-0.15, -0.1) is 0 Å². The highest BCUT2D eigenvalue weighted by Gasteiger charge is 2.05. The summed E-state index contributed by atoms with van der Waals surface area (Å²) < 4.78 is 0. The Hall–Kier alpha value is -2.56. The van der Waals surface area contributed by atoms with Crippen molar-refractivity contribution in [1.82, 2.24) is 5.32 Å². The molecule has 116 valence electrons. The minimum absolute atomic E-state index is 0.410. The van der Waals surface area contributed by atoms with Gasteiger partial charge in [-0.05, 0) is 31.9 Å². The van der Waals surface area contributed by atoms with Gasteiger partial charge in [0, 0.05) is 29.2 Å². The predicted octanol–water partition coefficient (Wildman–Crippen LogP) is 1.87. The molecule has 2 rings (SSSR count). The van der Waals surface area contributed by atoms with Gasteiger partial charge in [-0.1, -0.05) is 18.2 Å². The van der Waals surface area contributed by atoms with Crippen molar-refractivity contribution in [1.29, 1.82) is 0 Å². The van der Waals surface area contributed by atoms with Crippen LogP contribution >= 0.6 is 0 Å². The van der Waals surface area contributed by atoms with Crippen molar-refractivity contribution in [3.8, 4) is 0 Å². The first-order chi connectivity index (χ1) is 10.5. The van der Waals surface area contributed by atoms with Crippen LogP contribution in [0.4, 0.5) is 0 Å². The molecule has 5 heteroatoms. The van der Waals surface area contributed by atoms with Crippen molar-refractivity contribution in [2.45, 2.75) is 20.8 Å². The molecule has 5 nitrogen and oxygen atoms in total. The van der Waals surface area contributed by atoms with E-state index in [2.05, 4.69) is 35.2 Å². The molecule has 0 bridgehead atoms. The number of aliphatic imine (C=N–C) groups is 2. The number of rotatable bonds is 4. The molecule has 0 aliphatic carbocycles. The third-order valence-corrected chi connectivity index (χ3v) is 3.68. The van der Waals surface area contributed by atoms with Crippen LogP contribution < -0.4 is 16.8 Å². The van der Waals surface area contributed by atoms with Crippen LogP contribution in [0.25, 0.3) is 5.70 Å². The van der Waals surface area contributed by atoms with Crippen LogP contribution in [0.5, 0.6) is 0 Å². The van der Waals surface area contributed by atoms with Gasteiger partial charge in [-0.25, -0.2) is 0 Å². The summed E-state index contributed by atoms with van der Waals surface area (Å²) in [7, 11) is 0. The lowest BCUT2D eigenvalue weighted by Gasteiger charge is -2.12. The van der Waals surface area contributed by atoms with E-state index in [0.717, 1.165) is 22.5 Å². The number of nitrogens with one attached hydrogen (secondary N) is 1. The topological polar surface area (TPSA) is 88.8 Å². The largest absolute Gasteiger partial charge is 0.398 e. The van der Waals surface area contributed by atoms with Gasteiger partial charge in [0.2, 0.25) is 0 Å². The smallest absolute Gasteiger partial charge is 0.120 e. The van der Waals surface area contributed by atoms with Gasteiger partial charge < -0.3 is 16.8 Å². The van der Waals surface area contributed by atoms with E-state index in [-0.39, 0.29) is 0 Å². The lowest BCUT2D eigenvalue weighted by atomic mass is 10.0. The van der Waals surface area contributed by atoms with Gasteiger partial charge >= 0.3 is 0 Å². The van der Waals surface area contributed by atoms with E-state index >= 15 is 0 Å². The van der Waals surface area contributed by atoms with Crippen molar-refractivity contribution in [2.75, 3.05) is 13.1 Å². The molecule has 0 spiro atoms. The van der Waals surface area contributed by atoms with Gasteiger partial charge in [0.15, 0.2) is 0 Å². The first-order valence-electron chi connectivity index (χ1n) is 7.27. The molecule has 1 heterocycles. The Labute approximate surface area is 131 Å². The molecule has 22 heavy (non-hydrogen) atoms. The molecule has 0 amide bonds. The highest BCUT2D eigenvalue weighted by Crippen LogP contribution is 2.17. The number of aryl methyl sites for hydroxylation is 1. The Morgan fingerprint density at radius 1 is 1.32 bits per heavy atom. The Morgan fingerprint density at radius 3 is 2.77 bits per heavy atom. The monoisotopic (exact) mass is 297 g/mol. The predicted molar refractivity (Wildman–Crippen MR) is 93.8 cm³/mol. The zero-order chi connectivity index (χ0) is 16.1. The molecule has 0 atom stereocenters. The van der Waals surface area contributed by atoms with Crippen LogP contribution in [-0.4, -0.2) is 24.6 Å². The molecule has 0 saturated carbocycles. The van der Waals surface area contributed by atoms with E-state index in [1.165, 1.54) is 5.56 Å². The molecule has 0 radical (unpaired) electrons. The van der Waals surface area contributed by atoms with E-state index in [4.69, 9.17) is 11.5 Å². The lowest BCUT2D eigenvalue weighted by Crippen LogP contribution is -2.27. The van der Waals surface area contributed by atoms with Crippen LogP contribution in [0.2, 0.25) is 0 Å². The van der Waals surface area contributed by atoms with Crippen molar-refractivity contribution in [3.63, 3.8) is 0 Å². The van der Waals surface area contributed by atoms with Crippen LogP contribution in [0.1, 0.15) is 23.6 Å². The normalized spacial score (nSPS) is 16.0. The molecule has 0 aromatic heterocycles. The van der Waals surface area contributed by atoms with Crippen molar-refractivity contribution >= 4 is 17.2 Å². The second-order valence-electron chi connectivity index (χ2n) is 5.45. The van der Waals surface area contributed by atoms with Crippen LogP contribution in [-0.2, 0) is 0 Å². The molecular weight excluding hydrogens is 274 g/mol. The summed E-state index contributed by atoms with van der Waals surface area (Å²) in [5.74, 6) is 0.410. The second kappa shape index (κ2) is 6.93. The fourth-order valence-electron chi connectivity index (χ4n) is 2.15. The number of allylic oxidation sites excluding steroid dienone is 1. The molecule has 1 aromatic carbocycles. The highest BCUT2D eigenvalue weighted by molar-refractivity contribution is 6.00. The van der Waals surface area contributed by atoms with Crippen molar-refractivity contribution < 1.29 is 0 Å². The fourth-order valence-corrected chi connectivity index (χ4v) is 2.15. The molecule has 1 aliphatic heterocycles. The maximum atomic E-state index is 6.14. The van der Waals surface area contributed by atoms with E-state index in [0.29, 0.717) is 24.6 Å². The van der Waals surface area contributed by atoms with E-state index in [1.54, 1.807) is 12.3 Å². The van der Waals surface area contributed by atoms with Crippen LogP contribution in [0, 0.1) is 13.8 Å². The van der Waals surface area contributed by atoms with E-state index in [9.17, 15) is 0 Å². The summed E-state index contributed by atoms with van der Waals surface area (Å²) in [5, 5.41) is 3.22. The first-order valence-corrected chi connectivity index (χ1v) is 7.27. The van der Waals surface area contributed by atoms with Gasteiger partial charge in [-0.2, -0.15) is 0 Å². The standard InChI is InChI=1S/C17H23N5/c1-11-5-4-6-15(13(11)3)16(18)7-17(19)22-10-14-9-20-12(2)8-21-14/h4-8,20H,9-10,18H2,1-3H3,(H2,19,22)/b16-7-. The average Bonchev–Trinajstić information content (AvgIpc) is 2.49. The second-order valence-corrected chi connectivity index (χ2v) is 5.45. The van der Waals surface area contributed by atoms with Gasteiger partial charge in [0.25, 0.3) is 0 Å². The molecule has 0 fully saturated rings. The van der Waals surface area contributed by atoms with E-state index in [1.807, 2.05) is 19.1 Å². The molecular formula is C17H23N5. The van der Waals surface area contributed by atoms with Gasteiger partial charge in [0.1, 0.15) is 5.84 Å². The maximum Gasteiger partial charge on any atom is 0.120 e. The molecule has 1 aromatic rings. The van der Waals surface area contributed by atoms with E-state index < -0.39 is 0 Å². The Kier molecular flexibility index (Phi) is 4.99. The number of hydrogen-bond acceptors (Lipinski definition) is 4. The summed E-state index contributed by atoms with van der Waals surface area (Å²) >= 11 is 0. The number of nitrogens with zero attached hydrogens (tertiary/aromatic N) is 2. The quantitative estimate of drug-likeness (QED) is 0.585. The zero-order valence-electron chi connectivity index (χ0n) is 13.4. The van der Waals surface area contributed by atoms with Crippen LogP contribution in [0.3, 0.4) is 0 Å². The maximum absolute atomic E-state index is 6.14. The van der Waals surface area contributed by atoms with Crippen LogP contribution in [0.15, 0.2) is 46.2 Å². The lowest BCUT2D eigenvalue weighted by molar-refractivity contribution is 0.890. The third kappa shape index (κ3) is 3.97. The Bertz CT molecular complexity index is 680. The number of hydrogen-bond donors (Lipinski definition) is 3. The summed E-state index contributed by atoms with van der Waals surface area (Å²) in [6.45, 7) is 7.27. The Balaban J connectivity index is 2.11. The third-order valence-electron chi connectivity index (χ3n) is 3.68.